The Morgan fingerprint density at radius 3 is 3.00 bits per heavy atom. The van der Waals surface area contributed by atoms with Crippen LogP contribution in [0.5, 0.6) is 5.75 Å². The van der Waals surface area contributed by atoms with E-state index >= 15 is 0 Å². The van der Waals surface area contributed by atoms with Crippen LogP contribution in [0.2, 0.25) is 0 Å². The Labute approximate surface area is 81.7 Å². The highest BCUT2D eigenvalue weighted by atomic mass is 16.5. The first-order chi connectivity index (χ1) is 6.93. The van der Waals surface area contributed by atoms with E-state index in [1.54, 1.807) is 6.26 Å². The highest BCUT2D eigenvalue weighted by molar-refractivity contribution is 5.83. The Hall–Kier alpha value is -1.48. The Balaban J connectivity index is 1.97. The summed E-state index contributed by atoms with van der Waals surface area (Å²) in [5.74, 6) is 0.919. The third-order valence-electron chi connectivity index (χ3n) is 2.49. The molecule has 0 atom stereocenters. The minimum Gasteiger partial charge on any atom is -0.487 e. The van der Waals surface area contributed by atoms with Gasteiger partial charge in [0.05, 0.1) is 11.6 Å². The average Bonchev–Trinajstić information content (AvgIpc) is 2.59. The maximum atomic E-state index is 5.80. The maximum Gasteiger partial charge on any atom is 0.137 e. The van der Waals surface area contributed by atoms with Gasteiger partial charge in [-0.05, 0) is 18.2 Å². The zero-order chi connectivity index (χ0) is 9.38. The molecule has 72 valence electrons. The van der Waals surface area contributed by atoms with Gasteiger partial charge in [0, 0.05) is 13.1 Å². The lowest BCUT2D eigenvalue weighted by Crippen LogP contribution is -2.50. The van der Waals surface area contributed by atoms with Crippen LogP contribution in [0.25, 0.3) is 11.0 Å². The first-order valence-corrected chi connectivity index (χ1v) is 4.77. The van der Waals surface area contributed by atoms with Crippen molar-refractivity contribution in [3.63, 3.8) is 0 Å². The molecule has 0 amide bonds. The number of rotatable bonds is 2. The van der Waals surface area contributed by atoms with E-state index in [9.17, 15) is 0 Å². The van der Waals surface area contributed by atoms with Crippen molar-refractivity contribution >= 4 is 11.0 Å². The molecule has 1 fully saturated rings. The molecule has 0 unspecified atom stereocenters. The number of ether oxygens (including phenoxy) is 1. The van der Waals surface area contributed by atoms with Crippen LogP contribution in [0.4, 0.5) is 0 Å². The van der Waals surface area contributed by atoms with Gasteiger partial charge in [-0.3, -0.25) is 0 Å². The van der Waals surface area contributed by atoms with Crippen molar-refractivity contribution < 1.29 is 9.15 Å². The van der Waals surface area contributed by atoms with Crippen molar-refractivity contribution in [2.45, 2.75) is 6.10 Å². The molecule has 3 heteroatoms. The topological polar surface area (TPSA) is 34.4 Å². The van der Waals surface area contributed by atoms with Crippen molar-refractivity contribution in [1.29, 1.82) is 0 Å². The molecule has 1 aromatic carbocycles. The van der Waals surface area contributed by atoms with E-state index < -0.39 is 0 Å². The van der Waals surface area contributed by atoms with Gasteiger partial charge in [-0.2, -0.15) is 0 Å². The maximum absolute atomic E-state index is 5.80. The molecule has 3 nitrogen and oxygen atoms in total. The Morgan fingerprint density at radius 2 is 2.21 bits per heavy atom. The molecular formula is C11H11NO2. The molecule has 0 spiro atoms. The number of hydrogen-bond donors (Lipinski definition) is 1. The summed E-state index contributed by atoms with van der Waals surface area (Å²) in [6.45, 7) is 1.88. The van der Waals surface area contributed by atoms with Crippen LogP contribution in [0.15, 0.2) is 34.9 Å². The second-order valence-corrected chi connectivity index (χ2v) is 3.49. The summed E-state index contributed by atoms with van der Waals surface area (Å²) in [6.07, 6.45) is 2.01. The predicted octanol–water partition coefficient (Wildman–Crippen LogP) is 1.78. The lowest BCUT2D eigenvalue weighted by Gasteiger charge is -2.27. The molecule has 1 aliphatic rings. The number of fused-ring (bicyclic) bond motifs is 1. The van der Waals surface area contributed by atoms with Crippen molar-refractivity contribution in [2.75, 3.05) is 13.1 Å². The average molecular weight is 189 g/mol. The number of benzene rings is 1. The predicted molar refractivity (Wildman–Crippen MR) is 53.5 cm³/mol. The van der Waals surface area contributed by atoms with Gasteiger partial charge in [0.1, 0.15) is 17.4 Å². The van der Waals surface area contributed by atoms with Crippen LogP contribution in [0.1, 0.15) is 0 Å². The molecule has 1 aromatic heterocycles. The Kier molecular flexibility index (Phi) is 1.70. The van der Waals surface area contributed by atoms with Crippen LogP contribution >= 0.6 is 0 Å². The molecule has 0 saturated carbocycles. The van der Waals surface area contributed by atoms with Gasteiger partial charge in [0.15, 0.2) is 0 Å². The van der Waals surface area contributed by atoms with Crippen molar-refractivity contribution in [1.82, 2.24) is 5.32 Å². The van der Waals surface area contributed by atoms with Crippen LogP contribution in [0.3, 0.4) is 0 Å². The third kappa shape index (κ3) is 1.17. The summed E-state index contributed by atoms with van der Waals surface area (Å²) in [5.41, 5.74) is 0.884. The molecule has 0 bridgehead atoms. The fourth-order valence-corrected chi connectivity index (χ4v) is 1.59. The van der Waals surface area contributed by atoms with E-state index in [1.807, 2.05) is 24.3 Å². The summed E-state index contributed by atoms with van der Waals surface area (Å²) in [4.78, 5) is 0. The number of furan rings is 1. The fraction of sp³-hybridized carbons (Fsp3) is 0.273. The van der Waals surface area contributed by atoms with E-state index in [0.29, 0.717) is 6.10 Å². The summed E-state index contributed by atoms with van der Waals surface area (Å²) in [7, 11) is 0. The van der Waals surface area contributed by atoms with Gasteiger partial charge in [-0.15, -0.1) is 0 Å². The monoisotopic (exact) mass is 189 g/mol. The molecule has 1 N–H and O–H groups in total. The third-order valence-corrected chi connectivity index (χ3v) is 2.49. The highest BCUT2D eigenvalue weighted by Crippen LogP contribution is 2.27. The van der Waals surface area contributed by atoms with E-state index in [2.05, 4.69) is 5.32 Å². The van der Waals surface area contributed by atoms with E-state index in [-0.39, 0.29) is 0 Å². The number of hydrogen-bond acceptors (Lipinski definition) is 3. The second-order valence-electron chi connectivity index (χ2n) is 3.49. The van der Waals surface area contributed by atoms with Crippen LogP contribution in [-0.2, 0) is 0 Å². The SMILES string of the molecule is c1cc(OC2CNC2)c2ccoc2c1. The van der Waals surface area contributed by atoms with Crippen LogP contribution in [-0.4, -0.2) is 19.2 Å². The minimum absolute atomic E-state index is 0.315. The fourth-order valence-electron chi connectivity index (χ4n) is 1.59. The number of nitrogens with one attached hydrogen (secondary N) is 1. The zero-order valence-electron chi connectivity index (χ0n) is 7.69. The standard InChI is InChI=1S/C11H11NO2/c1-2-10-9(4-5-13-10)11(3-1)14-8-6-12-7-8/h1-5,8,12H,6-7H2. The van der Waals surface area contributed by atoms with Crippen molar-refractivity contribution in [3.05, 3.63) is 30.5 Å². The van der Waals surface area contributed by atoms with Gasteiger partial charge >= 0.3 is 0 Å². The second kappa shape index (κ2) is 3.03. The molecule has 1 aliphatic heterocycles. The molecular weight excluding hydrogens is 178 g/mol. The molecule has 2 heterocycles. The van der Waals surface area contributed by atoms with Crippen molar-refractivity contribution in [3.8, 4) is 5.75 Å². The van der Waals surface area contributed by atoms with Crippen LogP contribution in [0, 0.1) is 0 Å². The first-order valence-electron chi connectivity index (χ1n) is 4.77. The van der Waals surface area contributed by atoms with E-state index in [0.717, 1.165) is 29.8 Å². The Morgan fingerprint density at radius 1 is 1.29 bits per heavy atom. The molecule has 0 aliphatic carbocycles. The van der Waals surface area contributed by atoms with Crippen molar-refractivity contribution in [2.24, 2.45) is 0 Å². The summed E-state index contributed by atoms with van der Waals surface area (Å²) in [6, 6.07) is 7.82. The van der Waals surface area contributed by atoms with Gasteiger partial charge < -0.3 is 14.5 Å². The molecule has 14 heavy (non-hydrogen) atoms. The molecule has 2 aromatic rings. The highest BCUT2D eigenvalue weighted by Gasteiger charge is 2.19. The minimum atomic E-state index is 0.315. The zero-order valence-corrected chi connectivity index (χ0v) is 7.69. The smallest absolute Gasteiger partial charge is 0.137 e. The largest absolute Gasteiger partial charge is 0.487 e. The quantitative estimate of drug-likeness (QED) is 0.782. The molecule has 0 radical (unpaired) electrons. The van der Waals surface area contributed by atoms with Gasteiger partial charge in [0.2, 0.25) is 0 Å². The van der Waals surface area contributed by atoms with E-state index in [4.69, 9.17) is 9.15 Å². The lowest BCUT2D eigenvalue weighted by molar-refractivity contribution is 0.144. The van der Waals surface area contributed by atoms with Crippen LogP contribution < -0.4 is 10.1 Å². The lowest BCUT2D eigenvalue weighted by atomic mass is 10.2. The molecule has 3 rings (SSSR count). The Bertz CT molecular complexity index is 445. The normalized spacial score (nSPS) is 16.9. The summed E-state index contributed by atoms with van der Waals surface area (Å²) in [5, 5.41) is 4.23. The molecule has 1 saturated heterocycles. The van der Waals surface area contributed by atoms with Gasteiger partial charge in [0.25, 0.3) is 0 Å². The summed E-state index contributed by atoms with van der Waals surface area (Å²) >= 11 is 0. The summed E-state index contributed by atoms with van der Waals surface area (Å²) < 4.78 is 11.1. The first kappa shape index (κ1) is 7.88. The van der Waals surface area contributed by atoms with Gasteiger partial charge in [-0.1, -0.05) is 6.07 Å². The van der Waals surface area contributed by atoms with Gasteiger partial charge in [-0.25, -0.2) is 0 Å². The van der Waals surface area contributed by atoms with E-state index in [1.165, 1.54) is 0 Å².